The smallest absolute Gasteiger partial charge is 0.339 e. The molecule has 0 fully saturated rings. The minimum atomic E-state index is -0.715. The van der Waals surface area contributed by atoms with Gasteiger partial charge in [-0.3, -0.25) is 4.79 Å². The van der Waals surface area contributed by atoms with Crippen LogP contribution in [0.2, 0.25) is 0 Å². The molecule has 0 amide bonds. The molecule has 3 atom stereocenters. The summed E-state index contributed by atoms with van der Waals surface area (Å²) in [6, 6.07) is 9.45. The second-order valence-corrected chi connectivity index (χ2v) is 7.45. The van der Waals surface area contributed by atoms with Crippen molar-refractivity contribution in [2.45, 2.75) is 38.9 Å². The predicted octanol–water partition coefficient (Wildman–Crippen LogP) is 3.45. The highest BCUT2D eigenvalue weighted by atomic mass is 16.5. The van der Waals surface area contributed by atoms with Gasteiger partial charge < -0.3 is 14.6 Å². The van der Waals surface area contributed by atoms with Crippen LogP contribution in [0.5, 0.6) is 0 Å². The molecular weight excluding hydrogens is 356 g/mol. The number of esters is 1. The standard InChI is InChI=1S/C23H26O5/c1-15(2)21(25)11-9-18(24)14-27-19-10-8-17-12-20(16-6-4-3-5-7-16)23(26)28-22(17)13-19/h3-8,10,12-13,15,17-18,22,24H,9,11,14H2,1-2H3. The van der Waals surface area contributed by atoms with Gasteiger partial charge in [0.15, 0.2) is 0 Å². The molecule has 1 aliphatic heterocycles. The highest BCUT2D eigenvalue weighted by molar-refractivity contribution is 6.17. The molecular formula is C23H26O5. The summed E-state index contributed by atoms with van der Waals surface area (Å²) in [5, 5.41) is 10.0. The van der Waals surface area contributed by atoms with Gasteiger partial charge in [-0.15, -0.1) is 0 Å². The second kappa shape index (κ2) is 9.02. The summed E-state index contributed by atoms with van der Waals surface area (Å²) >= 11 is 0. The zero-order valence-corrected chi connectivity index (χ0v) is 16.2. The van der Waals surface area contributed by atoms with Crippen LogP contribution in [0.25, 0.3) is 5.57 Å². The maximum Gasteiger partial charge on any atom is 0.339 e. The fourth-order valence-electron chi connectivity index (χ4n) is 3.16. The van der Waals surface area contributed by atoms with Crippen LogP contribution in [0.3, 0.4) is 0 Å². The fourth-order valence-corrected chi connectivity index (χ4v) is 3.16. The number of Topliss-reactive ketones (excluding diaryl/α,β-unsaturated/α-hetero) is 1. The van der Waals surface area contributed by atoms with E-state index >= 15 is 0 Å². The van der Waals surface area contributed by atoms with E-state index in [9.17, 15) is 14.7 Å². The van der Waals surface area contributed by atoms with E-state index in [1.54, 1.807) is 6.08 Å². The van der Waals surface area contributed by atoms with Crippen molar-refractivity contribution in [3.63, 3.8) is 0 Å². The van der Waals surface area contributed by atoms with Crippen LogP contribution in [0.15, 0.2) is 60.4 Å². The molecule has 2 aliphatic rings. The van der Waals surface area contributed by atoms with Gasteiger partial charge >= 0.3 is 5.97 Å². The number of benzene rings is 1. The monoisotopic (exact) mass is 382 g/mol. The number of aliphatic hydroxyl groups is 1. The molecule has 3 rings (SSSR count). The first-order valence-corrected chi connectivity index (χ1v) is 9.66. The number of allylic oxidation sites excluding steroid dienone is 1. The first kappa shape index (κ1) is 20.1. The van der Waals surface area contributed by atoms with E-state index in [1.165, 1.54) is 0 Å². The maximum absolute atomic E-state index is 12.4. The van der Waals surface area contributed by atoms with Gasteiger partial charge in [0, 0.05) is 18.3 Å². The number of aliphatic hydroxyl groups excluding tert-OH is 1. The Kier molecular flexibility index (Phi) is 6.47. The van der Waals surface area contributed by atoms with Gasteiger partial charge in [0.05, 0.1) is 11.7 Å². The number of hydrogen-bond acceptors (Lipinski definition) is 5. The first-order valence-electron chi connectivity index (χ1n) is 9.66. The maximum atomic E-state index is 12.4. The molecule has 5 heteroatoms. The molecule has 1 heterocycles. The quantitative estimate of drug-likeness (QED) is 0.697. The van der Waals surface area contributed by atoms with Crippen LogP contribution in [-0.2, 0) is 19.1 Å². The van der Waals surface area contributed by atoms with Gasteiger partial charge in [-0.05, 0) is 24.1 Å². The largest absolute Gasteiger partial charge is 0.491 e. The molecule has 0 bridgehead atoms. The Morgan fingerprint density at radius 2 is 1.96 bits per heavy atom. The van der Waals surface area contributed by atoms with Crippen molar-refractivity contribution in [3.05, 3.63) is 66.0 Å². The summed E-state index contributed by atoms with van der Waals surface area (Å²) in [5.74, 6) is 0.261. The molecule has 0 saturated carbocycles. The third-order valence-corrected chi connectivity index (χ3v) is 4.91. The van der Waals surface area contributed by atoms with Gasteiger partial charge in [0.1, 0.15) is 24.3 Å². The average molecular weight is 382 g/mol. The number of ether oxygens (including phenoxy) is 2. The van der Waals surface area contributed by atoms with Crippen LogP contribution in [-0.4, -0.2) is 35.7 Å². The van der Waals surface area contributed by atoms with Crippen LogP contribution in [0.4, 0.5) is 0 Å². The van der Waals surface area contributed by atoms with E-state index in [-0.39, 0.29) is 30.2 Å². The SMILES string of the molecule is CC(C)C(=O)CCC(O)COC1=CC2OC(=O)C(c3ccccc3)=CC2C=C1. The Bertz CT molecular complexity index is 804. The van der Waals surface area contributed by atoms with E-state index in [4.69, 9.17) is 9.47 Å². The Balaban J connectivity index is 1.56. The molecule has 1 N–H and O–H groups in total. The minimum absolute atomic E-state index is 0.0242. The normalized spacial score (nSPS) is 22.1. The molecule has 1 aromatic carbocycles. The van der Waals surface area contributed by atoms with Crippen LogP contribution < -0.4 is 0 Å². The summed E-state index contributed by atoms with van der Waals surface area (Å²) in [6.07, 6.45) is 7.02. The van der Waals surface area contributed by atoms with Gasteiger partial charge in [-0.25, -0.2) is 4.79 Å². The number of carbonyl (C=O) groups excluding carboxylic acids is 2. The third-order valence-electron chi connectivity index (χ3n) is 4.91. The van der Waals surface area contributed by atoms with E-state index in [1.807, 2.05) is 62.4 Å². The lowest BCUT2D eigenvalue weighted by atomic mass is 9.90. The third kappa shape index (κ3) is 4.98. The minimum Gasteiger partial charge on any atom is -0.491 e. The van der Waals surface area contributed by atoms with Crippen LogP contribution in [0.1, 0.15) is 32.3 Å². The van der Waals surface area contributed by atoms with E-state index in [0.717, 1.165) is 5.56 Å². The van der Waals surface area contributed by atoms with E-state index in [0.29, 0.717) is 24.2 Å². The lowest BCUT2D eigenvalue weighted by Gasteiger charge is -2.29. The van der Waals surface area contributed by atoms with Crippen molar-refractivity contribution in [2.24, 2.45) is 11.8 Å². The molecule has 1 aliphatic carbocycles. The van der Waals surface area contributed by atoms with Gasteiger partial charge in [-0.2, -0.15) is 0 Å². The Morgan fingerprint density at radius 1 is 1.21 bits per heavy atom. The van der Waals surface area contributed by atoms with E-state index < -0.39 is 12.2 Å². The van der Waals surface area contributed by atoms with Crippen molar-refractivity contribution < 1.29 is 24.2 Å². The van der Waals surface area contributed by atoms with Crippen molar-refractivity contribution in [2.75, 3.05) is 6.61 Å². The first-order chi connectivity index (χ1) is 13.4. The Morgan fingerprint density at radius 3 is 2.68 bits per heavy atom. The number of hydrogen-bond donors (Lipinski definition) is 1. The highest BCUT2D eigenvalue weighted by Gasteiger charge is 2.31. The topological polar surface area (TPSA) is 72.8 Å². The van der Waals surface area contributed by atoms with Gasteiger partial charge in [0.2, 0.25) is 0 Å². The van der Waals surface area contributed by atoms with Crippen molar-refractivity contribution in [1.82, 2.24) is 0 Å². The lowest BCUT2D eigenvalue weighted by Crippen LogP contribution is -2.31. The molecule has 0 radical (unpaired) electrons. The molecule has 0 saturated heterocycles. The molecule has 0 aromatic heterocycles. The highest BCUT2D eigenvalue weighted by Crippen LogP contribution is 2.31. The van der Waals surface area contributed by atoms with Gasteiger partial charge in [-0.1, -0.05) is 56.3 Å². The molecule has 28 heavy (non-hydrogen) atoms. The molecule has 1 aromatic rings. The van der Waals surface area contributed by atoms with Crippen molar-refractivity contribution >= 4 is 17.3 Å². The molecule has 148 valence electrons. The lowest BCUT2D eigenvalue weighted by molar-refractivity contribution is -0.141. The number of carbonyl (C=O) groups is 2. The second-order valence-electron chi connectivity index (χ2n) is 7.45. The van der Waals surface area contributed by atoms with Crippen molar-refractivity contribution in [3.8, 4) is 0 Å². The van der Waals surface area contributed by atoms with Crippen LogP contribution in [0, 0.1) is 11.8 Å². The summed E-state index contributed by atoms with van der Waals surface area (Å²) in [7, 11) is 0. The predicted molar refractivity (Wildman–Crippen MR) is 106 cm³/mol. The average Bonchev–Trinajstić information content (AvgIpc) is 2.70. The molecule has 3 unspecified atom stereocenters. The van der Waals surface area contributed by atoms with Crippen molar-refractivity contribution in [1.29, 1.82) is 0 Å². The Hall–Kier alpha value is -2.66. The number of fused-ring (bicyclic) bond motifs is 1. The zero-order valence-electron chi connectivity index (χ0n) is 16.2. The number of rotatable bonds is 8. The number of ketones is 1. The summed E-state index contributed by atoms with van der Waals surface area (Å²) in [4.78, 5) is 24.0. The summed E-state index contributed by atoms with van der Waals surface area (Å²) in [5.41, 5.74) is 1.40. The zero-order chi connectivity index (χ0) is 20.1. The Labute approximate surface area is 165 Å². The van der Waals surface area contributed by atoms with Gasteiger partial charge in [0.25, 0.3) is 0 Å². The van der Waals surface area contributed by atoms with Crippen LogP contribution >= 0.6 is 0 Å². The summed E-state index contributed by atoms with van der Waals surface area (Å²) < 4.78 is 11.2. The summed E-state index contributed by atoms with van der Waals surface area (Å²) in [6.45, 7) is 3.79. The fraction of sp³-hybridized carbons (Fsp3) is 0.391. The molecule has 5 nitrogen and oxygen atoms in total. The molecule has 0 spiro atoms. The van der Waals surface area contributed by atoms with E-state index in [2.05, 4.69) is 0 Å².